The number of carbonyl (C=O) groups is 1. The summed E-state index contributed by atoms with van der Waals surface area (Å²) in [5.41, 5.74) is 7.66. The minimum atomic E-state index is -0.159. The minimum absolute atomic E-state index is 0. The maximum atomic E-state index is 12.8. The van der Waals surface area contributed by atoms with Crippen molar-refractivity contribution in [3.63, 3.8) is 0 Å². The van der Waals surface area contributed by atoms with Gasteiger partial charge in [0.05, 0.1) is 0 Å². The van der Waals surface area contributed by atoms with Gasteiger partial charge in [-0.25, -0.2) is 0 Å². The summed E-state index contributed by atoms with van der Waals surface area (Å²) in [5.74, 6) is 0.747. The molecule has 1 aromatic rings. The second-order valence-electron chi connectivity index (χ2n) is 6.95. The van der Waals surface area contributed by atoms with Crippen LogP contribution in [0.2, 0.25) is 0 Å². The molecule has 1 unspecified atom stereocenters. The van der Waals surface area contributed by atoms with Gasteiger partial charge in [-0.3, -0.25) is 4.79 Å². The van der Waals surface area contributed by atoms with Crippen molar-refractivity contribution in [2.75, 3.05) is 5.32 Å². The Balaban J connectivity index is 0.00000242. The SMILES string of the molecule is CC(C)CC1(C(=O)Nc2ccc(C(C)N)cc2)CCCC1.Cl. The summed E-state index contributed by atoms with van der Waals surface area (Å²) in [7, 11) is 0. The van der Waals surface area contributed by atoms with Crippen molar-refractivity contribution in [3.05, 3.63) is 29.8 Å². The third kappa shape index (κ3) is 4.47. The van der Waals surface area contributed by atoms with E-state index >= 15 is 0 Å². The van der Waals surface area contributed by atoms with Crippen molar-refractivity contribution in [1.82, 2.24) is 0 Å². The molecule has 0 radical (unpaired) electrons. The van der Waals surface area contributed by atoms with Gasteiger partial charge in [0.1, 0.15) is 0 Å². The molecule has 0 aliphatic heterocycles. The fourth-order valence-corrected chi connectivity index (χ4v) is 3.49. The first kappa shape index (κ1) is 19.0. The molecule has 0 saturated heterocycles. The molecule has 0 bridgehead atoms. The van der Waals surface area contributed by atoms with Crippen LogP contribution >= 0.6 is 12.4 Å². The Hall–Kier alpha value is -1.06. The number of nitrogens with two attached hydrogens (primary N) is 1. The molecule has 1 atom stereocenters. The van der Waals surface area contributed by atoms with Gasteiger partial charge in [-0.15, -0.1) is 12.4 Å². The molecule has 0 spiro atoms. The lowest BCUT2D eigenvalue weighted by Crippen LogP contribution is -2.35. The summed E-state index contributed by atoms with van der Waals surface area (Å²) in [6.07, 6.45) is 5.37. The van der Waals surface area contributed by atoms with Gasteiger partial charge in [-0.1, -0.05) is 38.8 Å². The second kappa shape index (κ2) is 7.98. The zero-order valence-corrected chi connectivity index (χ0v) is 14.7. The number of rotatable bonds is 5. The fourth-order valence-electron chi connectivity index (χ4n) is 3.49. The van der Waals surface area contributed by atoms with Gasteiger partial charge in [-0.05, 0) is 49.8 Å². The summed E-state index contributed by atoms with van der Waals surface area (Å²) in [4.78, 5) is 12.8. The average molecular weight is 325 g/mol. The monoisotopic (exact) mass is 324 g/mol. The van der Waals surface area contributed by atoms with Crippen LogP contribution < -0.4 is 11.1 Å². The van der Waals surface area contributed by atoms with Crippen LogP contribution in [-0.4, -0.2) is 5.91 Å². The molecule has 0 aromatic heterocycles. The van der Waals surface area contributed by atoms with Crippen LogP contribution in [0, 0.1) is 11.3 Å². The van der Waals surface area contributed by atoms with E-state index in [0.29, 0.717) is 5.92 Å². The van der Waals surface area contributed by atoms with Crippen molar-refractivity contribution >= 4 is 24.0 Å². The molecule has 1 aliphatic rings. The van der Waals surface area contributed by atoms with Gasteiger partial charge in [-0.2, -0.15) is 0 Å². The number of hydrogen-bond donors (Lipinski definition) is 2. The van der Waals surface area contributed by atoms with Gasteiger partial charge < -0.3 is 11.1 Å². The molecule has 1 aromatic carbocycles. The highest BCUT2D eigenvalue weighted by Gasteiger charge is 2.41. The normalized spacial score (nSPS) is 17.9. The van der Waals surface area contributed by atoms with Crippen LogP contribution in [0.1, 0.15) is 64.5 Å². The van der Waals surface area contributed by atoms with Crippen molar-refractivity contribution in [3.8, 4) is 0 Å². The van der Waals surface area contributed by atoms with E-state index < -0.39 is 0 Å². The molecule has 1 fully saturated rings. The van der Waals surface area contributed by atoms with E-state index in [2.05, 4.69) is 19.2 Å². The molecular formula is C18H29ClN2O. The number of amides is 1. The quantitative estimate of drug-likeness (QED) is 0.826. The van der Waals surface area contributed by atoms with Crippen LogP contribution in [0.3, 0.4) is 0 Å². The van der Waals surface area contributed by atoms with Crippen LogP contribution in [0.15, 0.2) is 24.3 Å². The molecule has 0 heterocycles. The highest BCUT2D eigenvalue weighted by molar-refractivity contribution is 5.95. The first-order valence-electron chi connectivity index (χ1n) is 8.10. The van der Waals surface area contributed by atoms with Crippen LogP contribution in [0.25, 0.3) is 0 Å². The predicted molar refractivity (Wildman–Crippen MR) is 95.3 cm³/mol. The standard InChI is InChI=1S/C18H28N2O.ClH/c1-13(2)12-18(10-4-5-11-18)17(21)20-16-8-6-15(7-9-16)14(3)19;/h6-9,13-14H,4-5,10-12,19H2,1-3H3,(H,20,21);1H. The number of anilines is 1. The average Bonchev–Trinajstić information content (AvgIpc) is 2.88. The van der Waals surface area contributed by atoms with Crippen molar-refractivity contribution < 1.29 is 4.79 Å². The van der Waals surface area contributed by atoms with E-state index in [0.717, 1.165) is 30.5 Å². The van der Waals surface area contributed by atoms with Gasteiger partial charge in [0.25, 0.3) is 0 Å². The Labute approximate surface area is 140 Å². The predicted octanol–water partition coefficient (Wildman–Crippen LogP) is 4.67. The fraction of sp³-hybridized carbons (Fsp3) is 0.611. The third-order valence-corrected chi connectivity index (χ3v) is 4.54. The van der Waals surface area contributed by atoms with Gasteiger partial charge >= 0.3 is 0 Å². The number of benzene rings is 1. The maximum absolute atomic E-state index is 12.8. The Morgan fingerprint density at radius 3 is 2.18 bits per heavy atom. The zero-order valence-electron chi connectivity index (χ0n) is 13.9. The summed E-state index contributed by atoms with van der Waals surface area (Å²) in [6, 6.07) is 7.91. The number of nitrogens with one attached hydrogen (secondary N) is 1. The summed E-state index contributed by atoms with van der Waals surface area (Å²) < 4.78 is 0. The van der Waals surface area contributed by atoms with E-state index in [4.69, 9.17) is 5.73 Å². The van der Waals surface area contributed by atoms with Crippen molar-refractivity contribution in [1.29, 1.82) is 0 Å². The maximum Gasteiger partial charge on any atom is 0.230 e. The molecule has 1 amide bonds. The van der Waals surface area contributed by atoms with E-state index in [9.17, 15) is 4.79 Å². The molecular weight excluding hydrogens is 296 g/mol. The highest BCUT2D eigenvalue weighted by Crippen LogP contribution is 2.44. The van der Waals surface area contributed by atoms with E-state index in [1.54, 1.807) is 0 Å². The molecule has 1 saturated carbocycles. The van der Waals surface area contributed by atoms with Crippen molar-refractivity contribution in [2.24, 2.45) is 17.1 Å². The summed E-state index contributed by atoms with van der Waals surface area (Å²) in [6.45, 7) is 6.36. The van der Waals surface area contributed by atoms with E-state index in [1.807, 2.05) is 31.2 Å². The first-order chi connectivity index (χ1) is 9.93. The molecule has 22 heavy (non-hydrogen) atoms. The number of halogens is 1. The second-order valence-corrected chi connectivity index (χ2v) is 6.95. The largest absolute Gasteiger partial charge is 0.326 e. The molecule has 1 aliphatic carbocycles. The van der Waals surface area contributed by atoms with Crippen LogP contribution in [0.5, 0.6) is 0 Å². The lowest BCUT2D eigenvalue weighted by Gasteiger charge is -2.29. The summed E-state index contributed by atoms with van der Waals surface area (Å²) in [5, 5.41) is 3.12. The van der Waals surface area contributed by atoms with E-state index in [1.165, 1.54) is 12.8 Å². The molecule has 124 valence electrons. The molecule has 3 nitrogen and oxygen atoms in total. The van der Waals surface area contributed by atoms with E-state index in [-0.39, 0.29) is 29.8 Å². The molecule has 2 rings (SSSR count). The Morgan fingerprint density at radius 1 is 1.18 bits per heavy atom. The number of carbonyl (C=O) groups excluding carboxylic acids is 1. The first-order valence-corrected chi connectivity index (χ1v) is 8.10. The van der Waals surface area contributed by atoms with Crippen molar-refractivity contribution in [2.45, 2.75) is 58.9 Å². The van der Waals surface area contributed by atoms with Gasteiger partial charge in [0, 0.05) is 17.1 Å². The van der Waals surface area contributed by atoms with Gasteiger partial charge in [0.2, 0.25) is 5.91 Å². The van der Waals surface area contributed by atoms with Gasteiger partial charge in [0.15, 0.2) is 0 Å². The highest BCUT2D eigenvalue weighted by atomic mass is 35.5. The molecule has 4 heteroatoms. The Kier molecular flexibility index (Phi) is 6.89. The lowest BCUT2D eigenvalue weighted by molar-refractivity contribution is -0.126. The molecule has 3 N–H and O–H groups in total. The minimum Gasteiger partial charge on any atom is -0.326 e. The summed E-state index contributed by atoms with van der Waals surface area (Å²) >= 11 is 0. The zero-order chi connectivity index (χ0) is 15.5. The lowest BCUT2D eigenvalue weighted by atomic mass is 9.77. The third-order valence-electron chi connectivity index (χ3n) is 4.54. The van der Waals surface area contributed by atoms with Crippen LogP contribution in [0.4, 0.5) is 5.69 Å². The number of hydrogen-bond acceptors (Lipinski definition) is 2. The topological polar surface area (TPSA) is 55.1 Å². The Bertz CT molecular complexity index is 476. The Morgan fingerprint density at radius 2 is 1.73 bits per heavy atom. The van der Waals surface area contributed by atoms with Crippen LogP contribution in [-0.2, 0) is 4.79 Å². The smallest absolute Gasteiger partial charge is 0.230 e.